The minimum Gasteiger partial charge on any atom is -0.468 e. The lowest BCUT2D eigenvalue weighted by molar-refractivity contribution is -0.121. The molecule has 0 aliphatic heterocycles. The Morgan fingerprint density at radius 1 is 1.20 bits per heavy atom. The zero-order valence-electron chi connectivity index (χ0n) is 13.4. The minimum absolute atomic E-state index is 0.0296. The summed E-state index contributed by atoms with van der Waals surface area (Å²) in [5, 5.41) is 2.55. The van der Waals surface area contributed by atoms with Crippen LogP contribution in [0.5, 0.6) is 0 Å². The van der Waals surface area contributed by atoms with E-state index in [-0.39, 0.29) is 17.3 Å². The van der Waals surface area contributed by atoms with Crippen molar-refractivity contribution in [2.24, 2.45) is 5.84 Å². The lowest BCUT2D eigenvalue weighted by Crippen LogP contribution is -2.42. The number of anilines is 1. The molecule has 0 fully saturated rings. The smallest absolute Gasteiger partial charge is 0.249 e. The number of sulfonamides is 1. The van der Waals surface area contributed by atoms with Crippen molar-refractivity contribution in [1.82, 2.24) is 9.73 Å². The van der Waals surface area contributed by atoms with Gasteiger partial charge in [-0.15, -0.1) is 0 Å². The second-order valence-electron chi connectivity index (χ2n) is 5.13. The van der Waals surface area contributed by atoms with Crippen LogP contribution < -0.4 is 16.6 Å². The average molecular weight is 366 g/mol. The summed E-state index contributed by atoms with van der Waals surface area (Å²) in [5.41, 5.74) is 2.37. The van der Waals surface area contributed by atoms with E-state index in [0.717, 1.165) is 4.31 Å². The summed E-state index contributed by atoms with van der Waals surface area (Å²) in [7, 11) is -3.98. The van der Waals surface area contributed by atoms with Gasteiger partial charge in [0, 0.05) is 12.6 Å². The van der Waals surface area contributed by atoms with Gasteiger partial charge in [0.2, 0.25) is 21.8 Å². The molecule has 10 heteroatoms. The summed E-state index contributed by atoms with van der Waals surface area (Å²) in [5.74, 6) is 4.50. The largest absolute Gasteiger partial charge is 0.468 e. The van der Waals surface area contributed by atoms with Crippen molar-refractivity contribution < 1.29 is 22.4 Å². The highest BCUT2D eigenvalue weighted by atomic mass is 32.2. The van der Waals surface area contributed by atoms with Crippen LogP contribution in [0, 0.1) is 0 Å². The van der Waals surface area contributed by atoms with Crippen molar-refractivity contribution in [2.45, 2.75) is 18.4 Å². The number of nitrogens with one attached hydrogen (secondary N) is 2. The quantitative estimate of drug-likeness (QED) is 0.369. The number of amides is 2. The second kappa shape index (κ2) is 7.92. The Morgan fingerprint density at radius 3 is 2.40 bits per heavy atom. The van der Waals surface area contributed by atoms with Gasteiger partial charge in [-0.1, -0.05) is 0 Å². The first-order valence-electron chi connectivity index (χ1n) is 7.22. The van der Waals surface area contributed by atoms with Gasteiger partial charge in [0.15, 0.2) is 0 Å². The van der Waals surface area contributed by atoms with E-state index in [1.165, 1.54) is 37.5 Å². The van der Waals surface area contributed by atoms with Crippen LogP contribution >= 0.6 is 0 Å². The molecule has 0 saturated carbocycles. The van der Waals surface area contributed by atoms with Crippen LogP contribution in [-0.4, -0.2) is 31.1 Å². The zero-order valence-corrected chi connectivity index (χ0v) is 14.2. The van der Waals surface area contributed by atoms with E-state index in [1.807, 2.05) is 5.43 Å². The molecule has 0 unspecified atom stereocenters. The van der Waals surface area contributed by atoms with Gasteiger partial charge in [-0.05, 0) is 36.4 Å². The molecule has 9 nitrogen and oxygen atoms in total. The maximum Gasteiger partial charge on any atom is 0.249 e. The maximum absolute atomic E-state index is 12.8. The van der Waals surface area contributed by atoms with Crippen LogP contribution in [0.2, 0.25) is 0 Å². The number of hydrazine groups is 1. The van der Waals surface area contributed by atoms with Crippen molar-refractivity contribution in [3.05, 3.63) is 48.4 Å². The monoisotopic (exact) mass is 366 g/mol. The molecule has 25 heavy (non-hydrogen) atoms. The van der Waals surface area contributed by atoms with E-state index in [2.05, 4.69) is 5.32 Å². The van der Waals surface area contributed by atoms with E-state index in [4.69, 9.17) is 10.3 Å². The molecule has 2 amide bonds. The average Bonchev–Trinajstić information content (AvgIpc) is 3.07. The van der Waals surface area contributed by atoms with Gasteiger partial charge >= 0.3 is 0 Å². The fraction of sp³-hybridized carbons (Fsp3) is 0.200. The predicted octanol–water partition coefficient (Wildman–Crippen LogP) is 0.419. The molecule has 1 aromatic carbocycles. The van der Waals surface area contributed by atoms with E-state index in [0.29, 0.717) is 11.4 Å². The van der Waals surface area contributed by atoms with E-state index >= 15 is 0 Å². The molecule has 1 heterocycles. The highest BCUT2D eigenvalue weighted by molar-refractivity contribution is 7.89. The molecular formula is C15H18N4O5S. The highest BCUT2D eigenvalue weighted by Crippen LogP contribution is 2.20. The number of benzene rings is 1. The third-order valence-electron chi connectivity index (χ3n) is 3.21. The third kappa shape index (κ3) is 4.89. The number of carbonyl (C=O) groups is 2. The lowest BCUT2D eigenvalue weighted by Gasteiger charge is -2.20. The third-order valence-corrected chi connectivity index (χ3v) is 5.01. The summed E-state index contributed by atoms with van der Waals surface area (Å²) >= 11 is 0. The van der Waals surface area contributed by atoms with E-state index in [1.54, 1.807) is 12.1 Å². The zero-order chi connectivity index (χ0) is 18.4. The first-order chi connectivity index (χ1) is 11.8. The number of rotatable bonds is 7. The van der Waals surface area contributed by atoms with Gasteiger partial charge < -0.3 is 9.73 Å². The van der Waals surface area contributed by atoms with Crippen LogP contribution in [0.1, 0.15) is 12.7 Å². The highest BCUT2D eigenvalue weighted by Gasteiger charge is 2.27. The van der Waals surface area contributed by atoms with Gasteiger partial charge in [0.25, 0.3) is 0 Å². The summed E-state index contributed by atoms with van der Waals surface area (Å²) < 4.78 is 31.7. The second-order valence-corrected chi connectivity index (χ2v) is 7.06. The summed E-state index contributed by atoms with van der Waals surface area (Å²) in [6.45, 7) is 0.754. The van der Waals surface area contributed by atoms with Gasteiger partial charge in [-0.2, -0.15) is 4.31 Å². The molecule has 0 radical (unpaired) electrons. The van der Waals surface area contributed by atoms with Gasteiger partial charge in [0.1, 0.15) is 5.76 Å². The maximum atomic E-state index is 12.8. The molecule has 0 atom stereocenters. The molecule has 0 spiro atoms. The number of carbonyl (C=O) groups excluding carboxylic acids is 2. The first-order valence-corrected chi connectivity index (χ1v) is 8.66. The summed E-state index contributed by atoms with van der Waals surface area (Å²) in [4.78, 5) is 22.6. The van der Waals surface area contributed by atoms with Crippen molar-refractivity contribution >= 4 is 27.5 Å². The van der Waals surface area contributed by atoms with E-state index < -0.39 is 22.5 Å². The molecule has 4 N–H and O–H groups in total. The van der Waals surface area contributed by atoms with Crippen molar-refractivity contribution in [3.63, 3.8) is 0 Å². The van der Waals surface area contributed by atoms with Gasteiger partial charge in [-0.25, -0.2) is 14.3 Å². The number of nitrogens with two attached hydrogens (primary N) is 1. The van der Waals surface area contributed by atoms with Crippen LogP contribution in [0.3, 0.4) is 0 Å². The molecule has 0 aliphatic rings. The molecule has 0 saturated heterocycles. The standard InChI is InChI=1S/C15H18N4O5S/c1-11(20)17-12-4-6-14(7-5-12)25(22,23)19(10-15(21)18-16)9-13-3-2-8-24-13/h2-8H,9-10,16H2,1H3,(H,17,20)(H,18,21). The predicted molar refractivity (Wildman–Crippen MR) is 89.4 cm³/mol. The Bertz CT molecular complexity index is 831. The van der Waals surface area contributed by atoms with Crippen LogP contribution in [0.15, 0.2) is 52.0 Å². The number of nitrogens with zero attached hydrogens (tertiary/aromatic N) is 1. The number of furan rings is 1. The summed E-state index contributed by atoms with van der Waals surface area (Å²) in [6, 6.07) is 8.82. The summed E-state index contributed by atoms with van der Waals surface area (Å²) in [6.07, 6.45) is 1.41. The Hall–Kier alpha value is -2.69. The first kappa shape index (κ1) is 18.6. The fourth-order valence-electron chi connectivity index (χ4n) is 2.07. The van der Waals surface area contributed by atoms with Crippen molar-refractivity contribution in [2.75, 3.05) is 11.9 Å². The van der Waals surface area contributed by atoms with Gasteiger partial charge in [-0.3, -0.25) is 15.0 Å². The van der Waals surface area contributed by atoms with Crippen molar-refractivity contribution in [3.8, 4) is 0 Å². The Kier molecular flexibility index (Phi) is 5.91. The minimum atomic E-state index is -3.98. The van der Waals surface area contributed by atoms with Crippen LogP contribution in [0.4, 0.5) is 5.69 Å². The molecule has 0 aliphatic carbocycles. The van der Waals surface area contributed by atoms with Crippen LogP contribution in [0.25, 0.3) is 0 Å². The van der Waals surface area contributed by atoms with E-state index in [9.17, 15) is 18.0 Å². The van der Waals surface area contributed by atoms with Gasteiger partial charge in [0.05, 0.1) is 24.2 Å². The van der Waals surface area contributed by atoms with Crippen molar-refractivity contribution in [1.29, 1.82) is 0 Å². The van der Waals surface area contributed by atoms with Crippen LogP contribution in [-0.2, 0) is 26.2 Å². The Morgan fingerprint density at radius 2 is 1.88 bits per heavy atom. The number of hydrogen-bond acceptors (Lipinski definition) is 6. The number of hydrogen-bond donors (Lipinski definition) is 3. The normalized spacial score (nSPS) is 11.3. The SMILES string of the molecule is CC(=O)Nc1ccc(S(=O)(=O)N(CC(=O)NN)Cc2ccco2)cc1. The molecule has 1 aromatic heterocycles. The fourth-order valence-corrected chi connectivity index (χ4v) is 3.43. The molecule has 2 rings (SSSR count). The molecular weight excluding hydrogens is 348 g/mol. The molecule has 2 aromatic rings. The Balaban J connectivity index is 2.29. The molecule has 0 bridgehead atoms. The topological polar surface area (TPSA) is 135 Å². The lowest BCUT2D eigenvalue weighted by atomic mass is 10.3. The molecule has 134 valence electrons. The Labute approximate surface area is 144 Å².